The maximum atomic E-state index is 12.4. The second-order valence-electron chi connectivity index (χ2n) is 5.89. The number of ketones is 1. The number of rotatable bonds is 5. The van der Waals surface area contributed by atoms with Crippen molar-refractivity contribution in [2.75, 3.05) is 11.1 Å². The quantitative estimate of drug-likeness (QED) is 0.459. The zero-order chi connectivity index (χ0) is 18.7. The molecule has 132 valence electrons. The molecule has 1 amide bonds. The van der Waals surface area contributed by atoms with Gasteiger partial charge in [-0.2, -0.15) is 0 Å². The molecule has 0 radical (unpaired) electrons. The number of hydrogen-bond acceptors (Lipinski definition) is 3. The summed E-state index contributed by atoms with van der Waals surface area (Å²) >= 11 is 11.9. The predicted molar refractivity (Wildman–Crippen MR) is 107 cm³/mol. The van der Waals surface area contributed by atoms with Crippen LogP contribution >= 0.6 is 23.2 Å². The Morgan fingerprint density at radius 3 is 2.23 bits per heavy atom. The molecule has 3 N–H and O–H groups in total. The van der Waals surface area contributed by atoms with Gasteiger partial charge in [0.05, 0.1) is 15.7 Å². The Morgan fingerprint density at radius 2 is 1.54 bits per heavy atom. The molecule has 0 atom stereocenters. The van der Waals surface area contributed by atoms with Gasteiger partial charge in [-0.05, 0) is 29.0 Å². The molecule has 0 bridgehead atoms. The standard InChI is InChI=1S/C20H16Cl2N2O2/c21-16-10-15(11-17(22)20(16)23)24-19(26)8-7-18(25)14-6-5-12-3-1-2-4-13(12)9-14/h1-6,9-11H,7-8,23H2,(H,24,26). The van der Waals surface area contributed by atoms with Crippen molar-refractivity contribution in [3.8, 4) is 0 Å². The third-order valence-corrected chi connectivity index (χ3v) is 4.64. The van der Waals surface area contributed by atoms with Crippen LogP contribution < -0.4 is 11.1 Å². The van der Waals surface area contributed by atoms with Crippen LogP contribution in [0.1, 0.15) is 23.2 Å². The van der Waals surface area contributed by atoms with Gasteiger partial charge >= 0.3 is 0 Å². The second kappa shape index (κ2) is 7.77. The number of amides is 1. The van der Waals surface area contributed by atoms with Crippen LogP contribution in [0.15, 0.2) is 54.6 Å². The smallest absolute Gasteiger partial charge is 0.224 e. The molecule has 0 fully saturated rings. The average molecular weight is 387 g/mol. The number of carbonyl (C=O) groups excluding carboxylic acids is 2. The van der Waals surface area contributed by atoms with Crippen LogP contribution in [0.5, 0.6) is 0 Å². The van der Waals surface area contributed by atoms with Crippen LogP contribution in [0.25, 0.3) is 10.8 Å². The molecule has 0 aliphatic carbocycles. The highest BCUT2D eigenvalue weighted by Crippen LogP contribution is 2.31. The van der Waals surface area contributed by atoms with E-state index in [4.69, 9.17) is 28.9 Å². The van der Waals surface area contributed by atoms with E-state index in [-0.39, 0.29) is 40.3 Å². The van der Waals surface area contributed by atoms with Gasteiger partial charge in [-0.25, -0.2) is 0 Å². The molecule has 0 heterocycles. The van der Waals surface area contributed by atoms with Gasteiger partial charge in [0.25, 0.3) is 0 Å². The fourth-order valence-corrected chi connectivity index (χ4v) is 3.10. The summed E-state index contributed by atoms with van der Waals surface area (Å²) in [6.07, 6.45) is 0.173. The van der Waals surface area contributed by atoms with E-state index in [2.05, 4.69) is 5.32 Å². The zero-order valence-electron chi connectivity index (χ0n) is 13.8. The summed E-state index contributed by atoms with van der Waals surface area (Å²) in [5.74, 6) is -0.379. The zero-order valence-corrected chi connectivity index (χ0v) is 15.3. The Bertz CT molecular complexity index is 979. The first-order valence-electron chi connectivity index (χ1n) is 8.00. The monoisotopic (exact) mass is 386 g/mol. The number of halogens is 2. The van der Waals surface area contributed by atoms with Crippen molar-refractivity contribution in [3.05, 3.63) is 70.2 Å². The minimum atomic E-state index is -0.295. The Hall–Kier alpha value is -2.56. The van der Waals surface area contributed by atoms with E-state index in [1.54, 1.807) is 6.07 Å². The van der Waals surface area contributed by atoms with E-state index < -0.39 is 0 Å². The third-order valence-electron chi connectivity index (χ3n) is 4.01. The van der Waals surface area contributed by atoms with Crippen LogP contribution in [-0.4, -0.2) is 11.7 Å². The first kappa shape index (κ1) is 18.2. The fourth-order valence-electron chi connectivity index (χ4n) is 2.61. The molecular formula is C20H16Cl2N2O2. The number of carbonyl (C=O) groups is 2. The molecule has 4 nitrogen and oxygen atoms in total. The number of Topliss-reactive ketones (excluding diaryl/α,β-unsaturated/α-hetero) is 1. The number of fused-ring (bicyclic) bond motifs is 1. The lowest BCUT2D eigenvalue weighted by atomic mass is 10.0. The van der Waals surface area contributed by atoms with Gasteiger partial charge in [0.1, 0.15) is 0 Å². The maximum Gasteiger partial charge on any atom is 0.224 e. The number of anilines is 2. The predicted octanol–water partition coefficient (Wildman–Crippen LogP) is 5.33. The van der Waals surface area contributed by atoms with Crippen LogP contribution in [0.4, 0.5) is 11.4 Å². The van der Waals surface area contributed by atoms with Crippen molar-refractivity contribution in [2.24, 2.45) is 0 Å². The Balaban J connectivity index is 1.62. The van der Waals surface area contributed by atoms with Crippen molar-refractivity contribution >= 4 is 57.0 Å². The molecule has 0 unspecified atom stereocenters. The van der Waals surface area contributed by atoms with Gasteiger partial charge in [-0.3, -0.25) is 9.59 Å². The number of hydrogen-bond donors (Lipinski definition) is 2. The molecule has 0 saturated carbocycles. The van der Waals surface area contributed by atoms with Crippen LogP contribution in [0.3, 0.4) is 0 Å². The largest absolute Gasteiger partial charge is 0.396 e. The minimum Gasteiger partial charge on any atom is -0.396 e. The van der Waals surface area contributed by atoms with E-state index in [9.17, 15) is 9.59 Å². The molecule has 26 heavy (non-hydrogen) atoms. The van der Waals surface area contributed by atoms with E-state index in [0.29, 0.717) is 11.3 Å². The third kappa shape index (κ3) is 4.15. The molecule has 0 aromatic heterocycles. The highest BCUT2D eigenvalue weighted by molar-refractivity contribution is 6.39. The number of nitrogen functional groups attached to an aromatic ring is 1. The number of nitrogens with one attached hydrogen (secondary N) is 1. The molecular weight excluding hydrogens is 371 g/mol. The maximum absolute atomic E-state index is 12.4. The summed E-state index contributed by atoms with van der Waals surface area (Å²) in [4.78, 5) is 24.4. The topological polar surface area (TPSA) is 72.2 Å². The van der Waals surface area contributed by atoms with Crippen LogP contribution in [0.2, 0.25) is 10.0 Å². The van der Waals surface area contributed by atoms with Crippen molar-refractivity contribution in [3.63, 3.8) is 0 Å². The van der Waals surface area contributed by atoms with Gasteiger partial charge in [0.2, 0.25) is 5.91 Å². The summed E-state index contributed by atoms with van der Waals surface area (Å²) < 4.78 is 0. The molecule has 0 aliphatic rings. The highest BCUT2D eigenvalue weighted by atomic mass is 35.5. The Morgan fingerprint density at radius 1 is 0.885 bits per heavy atom. The molecule has 0 saturated heterocycles. The molecule has 6 heteroatoms. The first-order valence-corrected chi connectivity index (χ1v) is 8.76. The lowest BCUT2D eigenvalue weighted by Gasteiger charge is -2.08. The van der Waals surface area contributed by atoms with Crippen molar-refractivity contribution in [1.82, 2.24) is 0 Å². The lowest BCUT2D eigenvalue weighted by Crippen LogP contribution is -2.13. The number of nitrogens with two attached hydrogens (primary N) is 1. The summed E-state index contributed by atoms with van der Waals surface area (Å²) in [7, 11) is 0. The van der Waals surface area contributed by atoms with Gasteiger partial charge in [-0.15, -0.1) is 0 Å². The van der Waals surface area contributed by atoms with E-state index >= 15 is 0 Å². The average Bonchev–Trinajstić information content (AvgIpc) is 2.63. The molecule has 0 spiro atoms. The van der Waals surface area contributed by atoms with Crippen LogP contribution in [0, 0.1) is 0 Å². The van der Waals surface area contributed by atoms with Crippen molar-refractivity contribution < 1.29 is 9.59 Å². The second-order valence-corrected chi connectivity index (χ2v) is 6.70. The van der Waals surface area contributed by atoms with Gasteiger partial charge in [0, 0.05) is 24.1 Å². The molecule has 0 aliphatic heterocycles. The van der Waals surface area contributed by atoms with Crippen LogP contribution in [-0.2, 0) is 4.79 Å². The van der Waals surface area contributed by atoms with E-state index in [1.807, 2.05) is 36.4 Å². The van der Waals surface area contributed by atoms with Gasteiger partial charge in [0.15, 0.2) is 5.78 Å². The molecule has 3 aromatic rings. The summed E-state index contributed by atoms with van der Waals surface area (Å²) in [6.45, 7) is 0. The molecule has 3 rings (SSSR count). The fraction of sp³-hybridized carbons (Fsp3) is 0.100. The summed E-state index contributed by atoms with van der Waals surface area (Å²) in [6, 6.07) is 16.4. The molecule has 3 aromatic carbocycles. The number of benzene rings is 3. The lowest BCUT2D eigenvalue weighted by molar-refractivity contribution is -0.116. The van der Waals surface area contributed by atoms with Crippen molar-refractivity contribution in [1.29, 1.82) is 0 Å². The highest BCUT2D eigenvalue weighted by Gasteiger charge is 2.12. The summed E-state index contributed by atoms with van der Waals surface area (Å²) in [5, 5.41) is 5.26. The SMILES string of the molecule is Nc1c(Cl)cc(NC(=O)CCC(=O)c2ccc3ccccc3c2)cc1Cl. The van der Waals surface area contributed by atoms with Gasteiger partial charge < -0.3 is 11.1 Å². The van der Waals surface area contributed by atoms with E-state index in [0.717, 1.165) is 10.8 Å². The van der Waals surface area contributed by atoms with Gasteiger partial charge in [-0.1, -0.05) is 59.6 Å². The first-order chi connectivity index (χ1) is 12.4. The minimum absolute atomic E-state index is 0.0608. The van der Waals surface area contributed by atoms with Crippen molar-refractivity contribution in [2.45, 2.75) is 12.8 Å². The van der Waals surface area contributed by atoms with E-state index in [1.165, 1.54) is 12.1 Å². The Kier molecular flexibility index (Phi) is 5.45. The Labute approximate surface area is 160 Å². The summed E-state index contributed by atoms with van der Waals surface area (Å²) in [5.41, 5.74) is 6.96. The normalized spacial score (nSPS) is 10.7.